The van der Waals surface area contributed by atoms with E-state index in [1.54, 1.807) is 0 Å². The lowest BCUT2D eigenvalue weighted by molar-refractivity contribution is -0.184. The van der Waals surface area contributed by atoms with Crippen molar-refractivity contribution in [3.8, 4) is 0 Å². The lowest BCUT2D eigenvalue weighted by Gasteiger charge is -2.31. The molecule has 1 heterocycles. The normalized spacial score (nSPS) is 17.5. The first-order valence-electron chi connectivity index (χ1n) is 6.26. The van der Waals surface area contributed by atoms with Crippen LogP contribution in [0.25, 0.3) is 0 Å². The highest BCUT2D eigenvalue weighted by Gasteiger charge is 2.41. The maximum absolute atomic E-state index is 12.3. The summed E-state index contributed by atoms with van der Waals surface area (Å²) >= 11 is 0. The lowest BCUT2D eigenvalue weighted by Crippen LogP contribution is -2.53. The second-order valence-electron chi connectivity index (χ2n) is 4.34. The minimum absolute atomic E-state index is 0.239. The monoisotopic (exact) mass is 303 g/mol. The first-order chi connectivity index (χ1) is 9.82. The van der Waals surface area contributed by atoms with Crippen LogP contribution in [0.4, 0.5) is 0 Å². The van der Waals surface area contributed by atoms with Crippen LogP contribution in [0.5, 0.6) is 0 Å². The molecule has 1 N–H and O–H groups in total. The second-order valence-corrected chi connectivity index (χ2v) is 4.34. The summed E-state index contributed by atoms with van der Waals surface area (Å²) in [7, 11) is 0. The topological polar surface area (TPSA) is 119 Å². The molecule has 0 spiro atoms. The number of nitrogens with zero attached hydrogens (tertiary/aromatic N) is 1. The minimum atomic E-state index is -1.89. The summed E-state index contributed by atoms with van der Waals surface area (Å²) in [5, 5.41) is 9.09. The number of carboxylic acids is 1. The number of ether oxygens (including phenoxy) is 3. The van der Waals surface area contributed by atoms with Crippen LogP contribution in [0.2, 0.25) is 0 Å². The maximum atomic E-state index is 12.3. The van der Waals surface area contributed by atoms with E-state index in [4.69, 9.17) is 14.6 Å². The van der Waals surface area contributed by atoms with Gasteiger partial charge < -0.3 is 24.2 Å². The number of hydrogen-bond donors (Lipinski definition) is 1. The van der Waals surface area contributed by atoms with Crippen molar-refractivity contribution in [3.63, 3.8) is 0 Å². The van der Waals surface area contributed by atoms with Crippen LogP contribution in [-0.2, 0) is 33.4 Å². The van der Waals surface area contributed by atoms with Crippen LogP contribution in [0.3, 0.4) is 0 Å². The Morgan fingerprint density at radius 3 is 1.90 bits per heavy atom. The van der Waals surface area contributed by atoms with E-state index in [1.807, 2.05) is 0 Å². The average molecular weight is 303 g/mol. The van der Waals surface area contributed by atoms with Crippen molar-refractivity contribution in [2.24, 2.45) is 0 Å². The lowest BCUT2D eigenvalue weighted by atomic mass is 10.1. The molecule has 1 saturated heterocycles. The van der Waals surface area contributed by atoms with Gasteiger partial charge in [-0.1, -0.05) is 0 Å². The van der Waals surface area contributed by atoms with E-state index in [9.17, 15) is 19.2 Å². The van der Waals surface area contributed by atoms with Crippen LogP contribution in [0.1, 0.15) is 13.8 Å². The highest BCUT2D eigenvalue weighted by atomic mass is 16.6. The van der Waals surface area contributed by atoms with Crippen molar-refractivity contribution in [2.75, 3.05) is 26.3 Å². The predicted molar refractivity (Wildman–Crippen MR) is 66.1 cm³/mol. The number of esters is 2. The van der Waals surface area contributed by atoms with Crippen LogP contribution in [0, 0.1) is 0 Å². The molecule has 21 heavy (non-hydrogen) atoms. The number of morpholine rings is 1. The highest BCUT2D eigenvalue weighted by Crippen LogP contribution is 2.12. The fraction of sp³-hybridized carbons (Fsp3) is 0.667. The van der Waals surface area contributed by atoms with E-state index >= 15 is 0 Å². The van der Waals surface area contributed by atoms with E-state index in [1.165, 1.54) is 4.90 Å². The minimum Gasteiger partial charge on any atom is -0.478 e. The fourth-order valence-electron chi connectivity index (χ4n) is 1.80. The molecule has 118 valence electrons. The Morgan fingerprint density at radius 2 is 1.48 bits per heavy atom. The third-order valence-corrected chi connectivity index (χ3v) is 2.67. The molecule has 0 unspecified atom stereocenters. The molecule has 0 aromatic heterocycles. The van der Waals surface area contributed by atoms with E-state index < -0.39 is 36.0 Å². The van der Waals surface area contributed by atoms with Gasteiger partial charge in [0.2, 0.25) is 12.2 Å². The zero-order chi connectivity index (χ0) is 16.0. The summed E-state index contributed by atoms with van der Waals surface area (Å²) in [6.45, 7) is 3.10. The molecule has 0 saturated carbocycles. The molecule has 0 bridgehead atoms. The third kappa shape index (κ3) is 5.03. The van der Waals surface area contributed by atoms with E-state index in [0.29, 0.717) is 13.2 Å². The molecule has 2 atom stereocenters. The molecular weight excluding hydrogens is 286 g/mol. The summed E-state index contributed by atoms with van der Waals surface area (Å²) in [4.78, 5) is 46.9. The number of amides is 1. The molecule has 9 nitrogen and oxygen atoms in total. The van der Waals surface area contributed by atoms with Gasteiger partial charge in [-0.3, -0.25) is 14.4 Å². The summed E-state index contributed by atoms with van der Waals surface area (Å²) in [6, 6.07) is 0. The molecule has 1 amide bonds. The number of carbonyl (C=O) groups excluding carboxylic acids is 3. The molecule has 1 aliphatic rings. The van der Waals surface area contributed by atoms with Gasteiger partial charge in [0.15, 0.2) is 0 Å². The predicted octanol–water partition coefficient (Wildman–Crippen LogP) is -1.21. The number of aliphatic carboxylic acids is 1. The molecule has 1 rings (SSSR count). The molecule has 0 aromatic rings. The van der Waals surface area contributed by atoms with Gasteiger partial charge in [0, 0.05) is 26.9 Å². The summed E-state index contributed by atoms with van der Waals surface area (Å²) in [5.41, 5.74) is 0. The Labute approximate surface area is 120 Å². The van der Waals surface area contributed by atoms with Gasteiger partial charge >= 0.3 is 17.9 Å². The van der Waals surface area contributed by atoms with Crippen molar-refractivity contribution in [3.05, 3.63) is 0 Å². The van der Waals surface area contributed by atoms with E-state index in [2.05, 4.69) is 4.74 Å². The van der Waals surface area contributed by atoms with Gasteiger partial charge in [0.1, 0.15) is 0 Å². The zero-order valence-corrected chi connectivity index (χ0v) is 11.7. The number of carbonyl (C=O) groups is 4. The van der Waals surface area contributed by atoms with Gasteiger partial charge in [-0.25, -0.2) is 4.79 Å². The summed E-state index contributed by atoms with van der Waals surface area (Å²) in [5.74, 6) is -4.05. The zero-order valence-electron chi connectivity index (χ0n) is 11.7. The van der Waals surface area contributed by atoms with Gasteiger partial charge in [-0.05, 0) is 0 Å². The van der Waals surface area contributed by atoms with Crippen LogP contribution in [0.15, 0.2) is 0 Å². The summed E-state index contributed by atoms with van der Waals surface area (Å²) in [6.07, 6.45) is -3.61. The Kier molecular flexibility index (Phi) is 6.10. The van der Waals surface area contributed by atoms with Crippen molar-refractivity contribution < 1.29 is 38.5 Å². The fourth-order valence-corrected chi connectivity index (χ4v) is 1.80. The van der Waals surface area contributed by atoms with Crippen molar-refractivity contribution >= 4 is 23.8 Å². The molecule has 0 radical (unpaired) electrons. The second kappa shape index (κ2) is 7.58. The van der Waals surface area contributed by atoms with Gasteiger partial charge in [-0.15, -0.1) is 0 Å². The molecule has 9 heteroatoms. The first kappa shape index (κ1) is 16.9. The largest absolute Gasteiger partial charge is 0.478 e. The van der Waals surface area contributed by atoms with Crippen molar-refractivity contribution in [1.82, 2.24) is 4.90 Å². The van der Waals surface area contributed by atoms with Crippen molar-refractivity contribution in [1.29, 1.82) is 0 Å². The van der Waals surface area contributed by atoms with Gasteiger partial charge in [0.25, 0.3) is 5.91 Å². The molecular formula is C12H17NO8. The van der Waals surface area contributed by atoms with Crippen molar-refractivity contribution in [2.45, 2.75) is 26.1 Å². The number of carboxylic acid groups (broad SMARTS) is 1. The Hall–Kier alpha value is -2.16. The number of hydrogen-bond acceptors (Lipinski definition) is 7. The smallest absolute Gasteiger partial charge is 0.349 e. The molecule has 0 aliphatic carbocycles. The standard InChI is InChI=1S/C12H17NO8/c1-7(14)20-9(10(12(17)18)21-8(2)15)11(16)13-3-5-19-6-4-13/h9-10H,3-6H2,1-2H3,(H,17,18)/t9-,10+/m0/s1. The van der Waals surface area contributed by atoms with Gasteiger partial charge in [-0.2, -0.15) is 0 Å². The third-order valence-electron chi connectivity index (χ3n) is 2.67. The highest BCUT2D eigenvalue weighted by molar-refractivity contribution is 5.91. The molecule has 1 fully saturated rings. The van der Waals surface area contributed by atoms with Crippen LogP contribution >= 0.6 is 0 Å². The Balaban J connectivity index is 2.94. The van der Waals surface area contributed by atoms with Gasteiger partial charge in [0.05, 0.1) is 13.2 Å². The Morgan fingerprint density at radius 1 is 1.00 bits per heavy atom. The molecule has 0 aromatic carbocycles. The van der Waals surface area contributed by atoms with E-state index in [0.717, 1.165) is 13.8 Å². The van der Waals surface area contributed by atoms with Crippen LogP contribution < -0.4 is 0 Å². The quantitative estimate of drug-likeness (QED) is 0.628. The average Bonchev–Trinajstić information content (AvgIpc) is 2.42. The van der Waals surface area contributed by atoms with Crippen LogP contribution in [-0.4, -0.2) is 72.3 Å². The Bertz CT molecular complexity index is 429. The number of rotatable bonds is 5. The molecule has 1 aliphatic heterocycles. The first-order valence-corrected chi connectivity index (χ1v) is 6.26. The van der Waals surface area contributed by atoms with E-state index in [-0.39, 0.29) is 13.1 Å². The SMILES string of the molecule is CC(=O)O[C@H](C(=O)N1CCOCC1)[C@@H](OC(C)=O)C(=O)O. The maximum Gasteiger partial charge on any atom is 0.349 e. The summed E-state index contributed by atoms with van der Waals surface area (Å²) < 4.78 is 14.4.